The van der Waals surface area contributed by atoms with Gasteiger partial charge in [-0.05, 0) is 25.5 Å². The van der Waals surface area contributed by atoms with Gasteiger partial charge >= 0.3 is 0 Å². The number of ether oxygens (including phenoxy) is 2. The van der Waals surface area contributed by atoms with Crippen LogP contribution in [0.1, 0.15) is 32.0 Å². The van der Waals surface area contributed by atoms with Gasteiger partial charge in [-0.3, -0.25) is 0 Å². The van der Waals surface area contributed by atoms with E-state index in [0.29, 0.717) is 13.2 Å². The molecule has 3 heterocycles. The zero-order valence-electron chi connectivity index (χ0n) is 11.6. The summed E-state index contributed by atoms with van der Waals surface area (Å²) < 4.78 is 11.6. The first-order chi connectivity index (χ1) is 9.74. The molecule has 0 amide bonds. The van der Waals surface area contributed by atoms with Crippen LogP contribution in [0.3, 0.4) is 0 Å². The summed E-state index contributed by atoms with van der Waals surface area (Å²) in [5.74, 6) is 3.94. The fourth-order valence-corrected chi connectivity index (χ4v) is 4.14. The van der Waals surface area contributed by atoms with Crippen molar-refractivity contribution in [3.8, 4) is 11.5 Å². The van der Waals surface area contributed by atoms with E-state index in [1.165, 1.54) is 18.6 Å². The minimum absolute atomic E-state index is 0.123. The number of hydrogen-bond acceptors (Lipinski definition) is 4. The van der Waals surface area contributed by atoms with E-state index < -0.39 is 0 Å². The van der Waals surface area contributed by atoms with Gasteiger partial charge in [0, 0.05) is 18.6 Å². The molecule has 0 spiro atoms. The average Bonchev–Trinajstić information content (AvgIpc) is 2.98. The first-order valence-electron chi connectivity index (χ1n) is 7.18. The van der Waals surface area contributed by atoms with Crippen molar-refractivity contribution in [2.24, 2.45) is 0 Å². The van der Waals surface area contributed by atoms with Crippen molar-refractivity contribution in [3.63, 3.8) is 0 Å². The Morgan fingerprint density at radius 3 is 2.75 bits per heavy atom. The third-order valence-electron chi connectivity index (χ3n) is 4.07. The van der Waals surface area contributed by atoms with Gasteiger partial charge in [0.05, 0.1) is 29.0 Å². The molecule has 1 atom stereocenters. The van der Waals surface area contributed by atoms with Gasteiger partial charge in [-0.1, -0.05) is 0 Å². The largest absolute Gasteiger partial charge is 0.489 e. The minimum Gasteiger partial charge on any atom is -0.489 e. The molecular formula is C15H18N2O2S. The third-order valence-corrected chi connectivity index (χ3v) is 5.60. The Bertz CT molecular complexity index is 604. The fraction of sp³-hybridized carbons (Fsp3) is 0.533. The van der Waals surface area contributed by atoms with Gasteiger partial charge in [-0.25, -0.2) is 4.98 Å². The summed E-state index contributed by atoms with van der Waals surface area (Å²) in [5, 5.41) is 0. The first-order valence-corrected chi connectivity index (χ1v) is 8.17. The van der Waals surface area contributed by atoms with E-state index in [0.717, 1.165) is 34.8 Å². The summed E-state index contributed by atoms with van der Waals surface area (Å²) >= 11 is 1.99. The second-order valence-corrected chi connectivity index (χ2v) is 7.23. The standard InChI is InChI=1S/C15H18N2O2S/c1-15(4-2-7-20-15)14-16-10-8-12-13(9-11(10)17-14)19-6-3-5-18-12/h8-9H,2-7H2,1H3,(H,16,17). The lowest BCUT2D eigenvalue weighted by molar-refractivity contribution is 0.297. The highest BCUT2D eigenvalue weighted by Crippen LogP contribution is 2.45. The molecule has 2 aliphatic heterocycles. The van der Waals surface area contributed by atoms with Crippen LogP contribution >= 0.6 is 11.8 Å². The number of benzene rings is 1. The first kappa shape index (κ1) is 12.4. The van der Waals surface area contributed by atoms with E-state index >= 15 is 0 Å². The number of aromatic amines is 1. The maximum Gasteiger partial charge on any atom is 0.163 e. The molecular weight excluding hydrogens is 272 g/mol. The van der Waals surface area contributed by atoms with Crippen LogP contribution in [0, 0.1) is 0 Å². The molecule has 1 unspecified atom stereocenters. The van der Waals surface area contributed by atoms with Crippen LogP contribution in [0.5, 0.6) is 11.5 Å². The molecule has 0 bridgehead atoms. The Balaban J connectivity index is 1.80. The number of thioether (sulfide) groups is 1. The number of H-pyrrole nitrogens is 1. The SMILES string of the molecule is CC1(c2nc3cc4c(cc3[nH]2)OCCCO4)CCCS1. The van der Waals surface area contributed by atoms with Gasteiger partial charge in [-0.2, -0.15) is 0 Å². The molecule has 0 radical (unpaired) electrons. The van der Waals surface area contributed by atoms with Crippen molar-refractivity contribution in [2.45, 2.75) is 30.9 Å². The normalized spacial score (nSPS) is 25.9. The zero-order valence-corrected chi connectivity index (χ0v) is 12.4. The highest BCUT2D eigenvalue weighted by atomic mass is 32.2. The highest BCUT2D eigenvalue weighted by molar-refractivity contribution is 8.00. The van der Waals surface area contributed by atoms with Crippen LogP contribution < -0.4 is 9.47 Å². The molecule has 0 aliphatic carbocycles. The number of rotatable bonds is 1. The Morgan fingerprint density at radius 2 is 2.00 bits per heavy atom. The Labute approximate surface area is 122 Å². The molecule has 1 aromatic heterocycles. The highest BCUT2D eigenvalue weighted by Gasteiger charge is 2.34. The summed E-state index contributed by atoms with van der Waals surface area (Å²) in [6.07, 6.45) is 3.38. The molecule has 0 saturated carbocycles. The van der Waals surface area contributed by atoms with Gasteiger partial charge in [0.15, 0.2) is 11.5 Å². The van der Waals surface area contributed by atoms with E-state index in [1.807, 2.05) is 23.9 Å². The van der Waals surface area contributed by atoms with Gasteiger partial charge in [0.25, 0.3) is 0 Å². The number of fused-ring (bicyclic) bond motifs is 2. The molecule has 20 heavy (non-hydrogen) atoms. The number of hydrogen-bond donors (Lipinski definition) is 1. The average molecular weight is 290 g/mol. The molecule has 1 fully saturated rings. The molecule has 2 aromatic rings. The minimum atomic E-state index is 0.123. The van der Waals surface area contributed by atoms with Gasteiger partial charge in [0.2, 0.25) is 0 Å². The van der Waals surface area contributed by atoms with E-state index in [2.05, 4.69) is 11.9 Å². The Morgan fingerprint density at radius 1 is 1.20 bits per heavy atom. The van der Waals surface area contributed by atoms with Crippen LogP contribution in [-0.2, 0) is 4.75 Å². The summed E-state index contributed by atoms with van der Waals surface area (Å²) in [4.78, 5) is 8.27. The van der Waals surface area contributed by atoms with Gasteiger partial charge in [0.1, 0.15) is 5.82 Å². The topological polar surface area (TPSA) is 47.1 Å². The lowest BCUT2D eigenvalue weighted by Gasteiger charge is -2.18. The van der Waals surface area contributed by atoms with Crippen molar-refractivity contribution in [2.75, 3.05) is 19.0 Å². The summed E-state index contributed by atoms with van der Waals surface area (Å²) in [5.41, 5.74) is 2.01. The van der Waals surface area contributed by atoms with Crippen molar-refractivity contribution in [1.29, 1.82) is 0 Å². The maximum absolute atomic E-state index is 5.74. The predicted octanol–water partition coefficient (Wildman–Crippen LogP) is 3.47. The molecule has 1 N–H and O–H groups in total. The van der Waals surface area contributed by atoms with Crippen LogP contribution in [0.25, 0.3) is 11.0 Å². The second-order valence-electron chi connectivity index (χ2n) is 5.63. The number of aromatic nitrogens is 2. The van der Waals surface area contributed by atoms with Crippen molar-refractivity contribution in [3.05, 3.63) is 18.0 Å². The maximum atomic E-state index is 5.74. The smallest absolute Gasteiger partial charge is 0.163 e. The number of nitrogens with zero attached hydrogens (tertiary/aromatic N) is 1. The van der Waals surface area contributed by atoms with E-state index in [-0.39, 0.29) is 4.75 Å². The fourth-order valence-electron chi connectivity index (χ4n) is 2.88. The van der Waals surface area contributed by atoms with Crippen LogP contribution in [-0.4, -0.2) is 28.9 Å². The van der Waals surface area contributed by atoms with Crippen LogP contribution in [0.4, 0.5) is 0 Å². The van der Waals surface area contributed by atoms with E-state index in [1.54, 1.807) is 0 Å². The third kappa shape index (κ3) is 1.95. The van der Waals surface area contributed by atoms with Gasteiger partial charge in [-0.15, -0.1) is 11.8 Å². The number of imidazole rings is 1. The molecule has 4 rings (SSSR count). The molecule has 1 aromatic carbocycles. The van der Waals surface area contributed by atoms with Gasteiger partial charge < -0.3 is 14.5 Å². The summed E-state index contributed by atoms with van der Waals surface area (Å²) in [6.45, 7) is 3.71. The quantitative estimate of drug-likeness (QED) is 0.873. The summed E-state index contributed by atoms with van der Waals surface area (Å²) in [6, 6.07) is 4.02. The zero-order chi connectivity index (χ0) is 13.6. The second kappa shape index (κ2) is 4.58. The van der Waals surface area contributed by atoms with Crippen molar-refractivity contribution >= 4 is 22.8 Å². The van der Waals surface area contributed by atoms with E-state index in [4.69, 9.17) is 14.5 Å². The van der Waals surface area contributed by atoms with Crippen molar-refractivity contribution < 1.29 is 9.47 Å². The monoisotopic (exact) mass is 290 g/mol. The van der Waals surface area contributed by atoms with Crippen LogP contribution in [0.2, 0.25) is 0 Å². The Hall–Kier alpha value is -1.36. The summed E-state index contributed by atoms with van der Waals surface area (Å²) in [7, 11) is 0. The molecule has 1 saturated heterocycles. The molecule has 106 valence electrons. The number of nitrogens with one attached hydrogen (secondary N) is 1. The Kier molecular flexibility index (Phi) is 2.84. The molecule has 4 nitrogen and oxygen atoms in total. The van der Waals surface area contributed by atoms with E-state index in [9.17, 15) is 0 Å². The predicted molar refractivity (Wildman–Crippen MR) is 80.7 cm³/mol. The van der Waals surface area contributed by atoms with Crippen LogP contribution in [0.15, 0.2) is 12.1 Å². The van der Waals surface area contributed by atoms with Crippen molar-refractivity contribution in [1.82, 2.24) is 9.97 Å². The molecule has 5 heteroatoms. The lowest BCUT2D eigenvalue weighted by atomic mass is 10.1. The molecule has 2 aliphatic rings. The lowest BCUT2D eigenvalue weighted by Crippen LogP contribution is -2.14.